The van der Waals surface area contributed by atoms with Crippen LogP contribution in [0, 0.1) is 0 Å². The molecule has 1 aromatic carbocycles. The molecular weight excluding hydrogens is 346 g/mol. The fourth-order valence-electron chi connectivity index (χ4n) is 1.57. The second-order valence-corrected chi connectivity index (χ2v) is 6.78. The van der Waals surface area contributed by atoms with Crippen molar-refractivity contribution in [2.75, 3.05) is 13.2 Å². The van der Waals surface area contributed by atoms with E-state index in [9.17, 15) is 0 Å². The molecule has 0 saturated carbocycles. The highest BCUT2D eigenvalue weighted by Gasteiger charge is 1.97. The lowest BCUT2D eigenvalue weighted by Gasteiger charge is -2.05. The van der Waals surface area contributed by atoms with Crippen LogP contribution >= 0.6 is 38.9 Å². The molecule has 1 heterocycles. The number of rotatable bonds is 7. The molecule has 0 radical (unpaired) electrons. The molecule has 1 aromatic heterocycles. The number of benzene rings is 1. The summed E-state index contributed by atoms with van der Waals surface area (Å²) < 4.78 is 7.53. The normalized spacial score (nSPS) is 10.8. The Morgan fingerprint density at radius 2 is 1.95 bits per heavy atom. The Kier molecular flexibility index (Phi) is 6.34. The molecule has 2 nitrogen and oxygen atoms in total. The third kappa shape index (κ3) is 5.63. The third-order valence-electron chi connectivity index (χ3n) is 2.53. The van der Waals surface area contributed by atoms with Gasteiger partial charge in [0, 0.05) is 22.4 Å². The van der Waals surface area contributed by atoms with Crippen molar-refractivity contribution in [3.63, 3.8) is 0 Å². The van der Waals surface area contributed by atoms with Gasteiger partial charge in [-0.05, 0) is 29.8 Å². The lowest BCUT2D eigenvalue weighted by Crippen LogP contribution is -2.18. The zero-order valence-corrected chi connectivity index (χ0v) is 13.5. The van der Waals surface area contributed by atoms with Gasteiger partial charge in [-0.1, -0.05) is 39.7 Å². The van der Waals surface area contributed by atoms with Crippen LogP contribution in [0.4, 0.5) is 0 Å². The molecule has 0 aliphatic rings. The molecule has 0 bridgehead atoms. The predicted octanol–water partition coefficient (Wildman–Crippen LogP) is 4.47. The maximum Gasteiger partial charge on any atom is 0.0931 e. The van der Waals surface area contributed by atoms with E-state index in [1.54, 1.807) is 11.3 Å². The maximum atomic E-state index is 5.86. The SMILES string of the molecule is Clc1ccc(CNCCOCc2ccc(Br)cc2)s1. The summed E-state index contributed by atoms with van der Waals surface area (Å²) in [5.74, 6) is 0. The third-order valence-corrected chi connectivity index (χ3v) is 4.29. The van der Waals surface area contributed by atoms with Crippen molar-refractivity contribution in [2.45, 2.75) is 13.2 Å². The molecule has 0 saturated heterocycles. The van der Waals surface area contributed by atoms with Crippen molar-refractivity contribution in [3.05, 3.63) is 55.6 Å². The summed E-state index contributed by atoms with van der Waals surface area (Å²) in [6.07, 6.45) is 0. The molecule has 0 atom stereocenters. The fourth-order valence-corrected chi connectivity index (χ4v) is 2.89. The zero-order valence-electron chi connectivity index (χ0n) is 10.4. The van der Waals surface area contributed by atoms with E-state index < -0.39 is 0 Å². The second-order valence-electron chi connectivity index (χ2n) is 4.06. The van der Waals surface area contributed by atoms with Gasteiger partial charge in [0.05, 0.1) is 17.6 Å². The summed E-state index contributed by atoms with van der Waals surface area (Å²) in [5, 5.41) is 3.33. The highest BCUT2D eigenvalue weighted by molar-refractivity contribution is 9.10. The Morgan fingerprint density at radius 1 is 1.16 bits per heavy atom. The molecule has 2 aromatic rings. The first kappa shape index (κ1) is 15.0. The topological polar surface area (TPSA) is 21.3 Å². The summed E-state index contributed by atoms with van der Waals surface area (Å²) in [7, 11) is 0. The fraction of sp³-hybridized carbons (Fsp3) is 0.286. The van der Waals surface area contributed by atoms with Gasteiger partial charge in [0.25, 0.3) is 0 Å². The molecule has 0 spiro atoms. The van der Waals surface area contributed by atoms with Crippen LogP contribution in [0.15, 0.2) is 40.9 Å². The van der Waals surface area contributed by atoms with Gasteiger partial charge >= 0.3 is 0 Å². The molecule has 1 N–H and O–H groups in total. The second kappa shape index (κ2) is 8.02. The van der Waals surface area contributed by atoms with Gasteiger partial charge in [-0.2, -0.15) is 0 Å². The van der Waals surface area contributed by atoms with E-state index >= 15 is 0 Å². The van der Waals surface area contributed by atoms with Gasteiger partial charge in [0.2, 0.25) is 0 Å². The lowest BCUT2D eigenvalue weighted by molar-refractivity contribution is 0.122. The van der Waals surface area contributed by atoms with E-state index in [2.05, 4.69) is 33.4 Å². The van der Waals surface area contributed by atoms with Crippen LogP contribution in [0.1, 0.15) is 10.4 Å². The maximum absolute atomic E-state index is 5.86. The van der Waals surface area contributed by atoms with E-state index in [0.29, 0.717) is 13.2 Å². The summed E-state index contributed by atoms with van der Waals surface area (Å²) >= 11 is 10.9. The van der Waals surface area contributed by atoms with E-state index in [1.807, 2.05) is 24.3 Å². The average molecular weight is 361 g/mol. The quantitative estimate of drug-likeness (QED) is 0.736. The van der Waals surface area contributed by atoms with Crippen molar-refractivity contribution in [3.8, 4) is 0 Å². The summed E-state index contributed by atoms with van der Waals surface area (Å²) in [5.41, 5.74) is 1.19. The van der Waals surface area contributed by atoms with Crippen molar-refractivity contribution >= 4 is 38.9 Å². The number of nitrogens with one attached hydrogen (secondary N) is 1. The van der Waals surface area contributed by atoms with Gasteiger partial charge in [0.15, 0.2) is 0 Å². The van der Waals surface area contributed by atoms with Crippen molar-refractivity contribution in [2.24, 2.45) is 0 Å². The van der Waals surface area contributed by atoms with Crippen LogP contribution < -0.4 is 5.32 Å². The molecule has 5 heteroatoms. The summed E-state index contributed by atoms with van der Waals surface area (Å²) in [6, 6.07) is 12.1. The molecular formula is C14H15BrClNOS. The average Bonchev–Trinajstić information content (AvgIpc) is 2.81. The Labute approximate surface area is 130 Å². The minimum atomic E-state index is 0.653. The molecule has 0 aliphatic carbocycles. The first-order chi connectivity index (χ1) is 9.24. The number of hydrogen-bond donors (Lipinski definition) is 1. The monoisotopic (exact) mass is 359 g/mol. The van der Waals surface area contributed by atoms with Gasteiger partial charge in [-0.15, -0.1) is 11.3 Å². The molecule has 0 unspecified atom stereocenters. The van der Waals surface area contributed by atoms with E-state index in [1.165, 1.54) is 10.4 Å². The molecule has 0 aliphatic heterocycles. The number of thiophene rings is 1. The highest BCUT2D eigenvalue weighted by Crippen LogP contribution is 2.20. The van der Waals surface area contributed by atoms with Crippen LogP contribution in [0.25, 0.3) is 0 Å². The van der Waals surface area contributed by atoms with Crippen molar-refractivity contribution < 1.29 is 4.74 Å². The van der Waals surface area contributed by atoms with E-state index in [-0.39, 0.29) is 0 Å². The predicted molar refractivity (Wildman–Crippen MR) is 84.8 cm³/mol. The standard InChI is InChI=1S/C14H15BrClNOS/c15-12-3-1-11(2-4-12)10-18-8-7-17-9-13-5-6-14(16)19-13/h1-6,17H,7-10H2. The molecule has 102 valence electrons. The van der Waals surface area contributed by atoms with Crippen molar-refractivity contribution in [1.29, 1.82) is 0 Å². The lowest BCUT2D eigenvalue weighted by atomic mass is 10.2. The summed E-state index contributed by atoms with van der Waals surface area (Å²) in [4.78, 5) is 1.25. The molecule has 0 fully saturated rings. The van der Waals surface area contributed by atoms with E-state index in [4.69, 9.17) is 16.3 Å². The van der Waals surface area contributed by atoms with Gasteiger partial charge in [0.1, 0.15) is 0 Å². The minimum Gasteiger partial charge on any atom is -0.375 e. The molecule has 0 amide bonds. The largest absolute Gasteiger partial charge is 0.375 e. The van der Waals surface area contributed by atoms with Crippen LogP contribution in [0.3, 0.4) is 0 Å². The Hall–Kier alpha value is -0.390. The Morgan fingerprint density at radius 3 is 2.63 bits per heavy atom. The Balaban J connectivity index is 1.56. The van der Waals surface area contributed by atoms with Crippen LogP contribution in [0.2, 0.25) is 4.34 Å². The number of halogens is 2. The number of hydrogen-bond acceptors (Lipinski definition) is 3. The van der Waals surface area contributed by atoms with Gasteiger partial charge in [-0.25, -0.2) is 0 Å². The number of ether oxygens (including phenoxy) is 1. The highest BCUT2D eigenvalue weighted by atomic mass is 79.9. The Bertz CT molecular complexity index is 500. The smallest absolute Gasteiger partial charge is 0.0931 e. The minimum absolute atomic E-state index is 0.653. The summed E-state index contributed by atoms with van der Waals surface area (Å²) in [6.45, 7) is 3.04. The van der Waals surface area contributed by atoms with Gasteiger partial charge in [-0.3, -0.25) is 0 Å². The van der Waals surface area contributed by atoms with Crippen LogP contribution in [-0.4, -0.2) is 13.2 Å². The van der Waals surface area contributed by atoms with Gasteiger partial charge < -0.3 is 10.1 Å². The first-order valence-corrected chi connectivity index (χ1v) is 8.00. The van der Waals surface area contributed by atoms with E-state index in [0.717, 1.165) is 21.9 Å². The van der Waals surface area contributed by atoms with Crippen LogP contribution in [0.5, 0.6) is 0 Å². The first-order valence-electron chi connectivity index (χ1n) is 6.01. The zero-order chi connectivity index (χ0) is 13.5. The van der Waals surface area contributed by atoms with Crippen molar-refractivity contribution in [1.82, 2.24) is 5.32 Å². The van der Waals surface area contributed by atoms with Crippen LogP contribution in [-0.2, 0) is 17.9 Å². The molecule has 2 rings (SSSR count). The molecule has 19 heavy (non-hydrogen) atoms.